The van der Waals surface area contributed by atoms with Crippen molar-refractivity contribution in [2.75, 3.05) is 0 Å². The first-order valence-corrected chi connectivity index (χ1v) is 11.7. The van der Waals surface area contributed by atoms with Gasteiger partial charge in [-0.2, -0.15) is 10.4 Å². The molecule has 1 N–H and O–H groups in total. The number of hydrogen-bond acceptors (Lipinski definition) is 5. The molecule has 0 spiro atoms. The first-order valence-electron chi connectivity index (χ1n) is 11.7. The summed E-state index contributed by atoms with van der Waals surface area (Å²) in [6, 6.07) is 20.8. The zero-order chi connectivity index (χ0) is 25.8. The lowest BCUT2D eigenvalue weighted by molar-refractivity contribution is 0.104. The highest BCUT2D eigenvalue weighted by molar-refractivity contribution is 6.09. The minimum absolute atomic E-state index is 0.0561. The van der Waals surface area contributed by atoms with Crippen LogP contribution in [-0.2, 0) is 0 Å². The third kappa shape index (κ3) is 4.49. The first-order chi connectivity index (χ1) is 17.4. The van der Waals surface area contributed by atoms with Gasteiger partial charge >= 0.3 is 0 Å². The molecule has 7 nitrogen and oxygen atoms in total. The van der Waals surface area contributed by atoms with Crippen molar-refractivity contribution < 1.29 is 9.90 Å². The van der Waals surface area contributed by atoms with Gasteiger partial charge in [0, 0.05) is 23.4 Å². The topological polar surface area (TPSA) is 101 Å². The Morgan fingerprint density at radius 1 is 1.14 bits per heavy atom. The van der Waals surface area contributed by atoms with Gasteiger partial charge in [-0.3, -0.25) is 14.2 Å². The standard InChI is InChI=1S/C29H26N4O3/c1-4-19(2)33-28(35)24(17-30)20(3)26(29(33)36)25(34)16-15-22-18-32(23-13-9-6-10-14-23)31-27(22)21-11-7-5-8-12-21/h5-16,18-19,36H,4H2,1-3H3/b16-15+. The van der Waals surface area contributed by atoms with Gasteiger partial charge in [-0.25, -0.2) is 4.68 Å². The van der Waals surface area contributed by atoms with Crippen molar-refractivity contribution in [1.29, 1.82) is 5.26 Å². The van der Waals surface area contributed by atoms with E-state index in [2.05, 4.69) is 0 Å². The number of aromatic nitrogens is 3. The Morgan fingerprint density at radius 3 is 2.39 bits per heavy atom. The van der Waals surface area contributed by atoms with Crippen LogP contribution in [0, 0.1) is 18.3 Å². The number of rotatable bonds is 7. The predicted octanol–water partition coefficient (Wildman–Crippen LogP) is 5.45. The monoisotopic (exact) mass is 478 g/mol. The Kier molecular flexibility index (Phi) is 6.98. The lowest BCUT2D eigenvalue weighted by Gasteiger charge is -2.19. The van der Waals surface area contributed by atoms with Crippen LogP contribution in [0.2, 0.25) is 0 Å². The SMILES string of the molecule is CCC(C)n1c(O)c(C(=O)/C=C/c2cn(-c3ccccc3)nc2-c2ccccc2)c(C)c(C#N)c1=O. The van der Waals surface area contributed by atoms with Gasteiger partial charge in [0.25, 0.3) is 5.56 Å². The van der Waals surface area contributed by atoms with Gasteiger partial charge < -0.3 is 5.11 Å². The molecule has 1 unspecified atom stereocenters. The summed E-state index contributed by atoms with van der Waals surface area (Å²) in [6.07, 6.45) is 5.35. The van der Waals surface area contributed by atoms with Crippen molar-refractivity contribution in [1.82, 2.24) is 14.3 Å². The molecule has 0 radical (unpaired) electrons. The summed E-state index contributed by atoms with van der Waals surface area (Å²) in [7, 11) is 0. The van der Waals surface area contributed by atoms with Crippen LogP contribution in [0.4, 0.5) is 0 Å². The number of carbonyl (C=O) groups is 1. The Morgan fingerprint density at radius 2 is 1.78 bits per heavy atom. The quantitative estimate of drug-likeness (QED) is 0.281. The number of allylic oxidation sites excluding steroid dienone is 1. The number of nitrogens with zero attached hydrogens (tertiary/aromatic N) is 4. The lowest BCUT2D eigenvalue weighted by Crippen LogP contribution is -2.28. The second kappa shape index (κ2) is 10.3. The molecule has 2 aromatic heterocycles. The fourth-order valence-electron chi connectivity index (χ4n) is 4.10. The number of benzene rings is 2. The van der Waals surface area contributed by atoms with Gasteiger partial charge in [-0.1, -0.05) is 55.5 Å². The molecule has 4 rings (SSSR count). The van der Waals surface area contributed by atoms with Gasteiger partial charge in [-0.05, 0) is 50.1 Å². The van der Waals surface area contributed by atoms with E-state index in [0.29, 0.717) is 17.7 Å². The molecular weight excluding hydrogens is 452 g/mol. The molecule has 36 heavy (non-hydrogen) atoms. The lowest BCUT2D eigenvalue weighted by atomic mass is 10.00. The molecule has 0 fully saturated rings. The highest BCUT2D eigenvalue weighted by Gasteiger charge is 2.24. The van der Waals surface area contributed by atoms with Crippen LogP contribution < -0.4 is 5.56 Å². The maximum absolute atomic E-state index is 13.3. The van der Waals surface area contributed by atoms with E-state index in [9.17, 15) is 20.0 Å². The first kappa shape index (κ1) is 24.4. The summed E-state index contributed by atoms with van der Waals surface area (Å²) >= 11 is 0. The maximum Gasteiger partial charge on any atom is 0.271 e. The van der Waals surface area contributed by atoms with Crippen molar-refractivity contribution in [3.8, 4) is 28.9 Å². The molecule has 0 aliphatic carbocycles. The number of nitriles is 1. The number of hydrogen-bond donors (Lipinski definition) is 1. The molecule has 0 saturated carbocycles. The number of para-hydroxylation sites is 1. The third-order valence-corrected chi connectivity index (χ3v) is 6.25. The van der Waals surface area contributed by atoms with Gasteiger partial charge in [0.15, 0.2) is 5.78 Å². The van der Waals surface area contributed by atoms with Crippen LogP contribution in [0.1, 0.15) is 53.4 Å². The van der Waals surface area contributed by atoms with Crippen molar-refractivity contribution in [3.05, 3.63) is 106 Å². The van der Waals surface area contributed by atoms with E-state index in [1.807, 2.05) is 79.9 Å². The Balaban J connectivity index is 1.82. The predicted molar refractivity (Wildman–Crippen MR) is 139 cm³/mol. The van der Waals surface area contributed by atoms with Crippen LogP contribution >= 0.6 is 0 Å². The maximum atomic E-state index is 13.3. The molecule has 7 heteroatoms. The molecule has 180 valence electrons. The number of aromatic hydroxyl groups is 1. The average Bonchev–Trinajstić information content (AvgIpc) is 3.33. The van der Waals surface area contributed by atoms with Crippen molar-refractivity contribution in [2.24, 2.45) is 0 Å². The average molecular weight is 479 g/mol. The van der Waals surface area contributed by atoms with E-state index >= 15 is 0 Å². The number of pyridine rings is 1. The Hall–Kier alpha value is -4.70. The summed E-state index contributed by atoms with van der Waals surface area (Å²) in [5.41, 5.74) is 2.50. The van der Waals surface area contributed by atoms with Gasteiger partial charge in [-0.15, -0.1) is 0 Å². The largest absolute Gasteiger partial charge is 0.494 e. The molecule has 4 aromatic rings. The van der Waals surface area contributed by atoms with E-state index in [0.717, 1.165) is 15.8 Å². The van der Waals surface area contributed by atoms with Crippen LogP contribution in [0.15, 0.2) is 77.7 Å². The van der Waals surface area contributed by atoms with E-state index in [1.165, 1.54) is 13.0 Å². The molecule has 0 aliphatic heterocycles. The molecule has 0 aliphatic rings. The fraction of sp³-hybridized carbons (Fsp3) is 0.172. The summed E-state index contributed by atoms with van der Waals surface area (Å²) in [5.74, 6) is -0.936. The summed E-state index contributed by atoms with van der Waals surface area (Å²) in [6.45, 7) is 5.12. The van der Waals surface area contributed by atoms with Crippen molar-refractivity contribution in [3.63, 3.8) is 0 Å². The third-order valence-electron chi connectivity index (χ3n) is 6.25. The second-order valence-corrected chi connectivity index (χ2v) is 8.52. The molecule has 0 bridgehead atoms. The highest BCUT2D eigenvalue weighted by atomic mass is 16.3. The molecule has 2 aromatic carbocycles. The smallest absolute Gasteiger partial charge is 0.271 e. The van der Waals surface area contributed by atoms with Gasteiger partial charge in [0.05, 0.1) is 16.9 Å². The fourth-order valence-corrected chi connectivity index (χ4v) is 4.10. The van der Waals surface area contributed by atoms with Crippen LogP contribution in [-0.4, -0.2) is 25.2 Å². The zero-order valence-corrected chi connectivity index (χ0v) is 20.3. The van der Waals surface area contributed by atoms with Crippen LogP contribution in [0.25, 0.3) is 23.0 Å². The summed E-state index contributed by atoms with van der Waals surface area (Å²) in [5, 5.41) is 25.2. The van der Waals surface area contributed by atoms with Crippen molar-refractivity contribution >= 4 is 11.9 Å². The van der Waals surface area contributed by atoms with E-state index in [1.54, 1.807) is 17.7 Å². The highest BCUT2D eigenvalue weighted by Crippen LogP contribution is 2.28. The summed E-state index contributed by atoms with van der Waals surface area (Å²) < 4.78 is 2.86. The molecular formula is C29H26N4O3. The Labute approximate surface area is 209 Å². The molecule has 1 atom stereocenters. The van der Waals surface area contributed by atoms with E-state index < -0.39 is 17.2 Å². The number of ketones is 1. The summed E-state index contributed by atoms with van der Waals surface area (Å²) in [4.78, 5) is 26.1. The second-order valence-electron chi connectivity index (χ2n) is 8.52. The van der Waals surface area contributed by atoms with Gasteiger partial charge in [0.2, 0.25) is 5.88 Å². The minimum Gasteiger partial charge on any atom is -0.494 e. The molecule has 0 saturated heterocycles. The zero-order valence-electron chi connectivity index (χ0n) is 20.3. The normalized spacial score (nSPS) is 11.9. The van der Waals surface area contributed by atoms with E-state index in [4.69, 9.17) is 5.10 Å². The van der Waals surface area contributed by atoms with Gasteiger partial charge in [0.1, 0.15) is 11.6 Å². The molecule has 0 amide bonds. The van der Waals surface area contributed by atoms with Crippen molar-refractivity contribution in [2.45, 2.75) is 33.2 Å². The number of carbonyl (C=O) groups excluding carboxylic acids is 1. The molecule has 2 heterocycles. The van der Waals surface area contributed by atoms with E-state index in [-0.39, 0.29) is 22.7 Å². The van der Waals surface area contributed by atoms with Crippen LogP contribution in [0.5, 0.6) is 5.88 Å². The minimum atomic E-state index is -0.599. The Bertz CT molecular complexity index is 1540. The van der Waals surface area contributed by atoms with Crippen LogP contribution in [0.3, 0.4) is 0 Å².